The van der Waals surface area contributed by atoms with Gasteiger partial charge in [0.25, 0.3) is 0 Å². The molecule has 190 valence electrons. The largest absolute Gasteiger partial charge is 0.481 e. The van der Waals surface area contributed by atoms with E-state index in [0.29, 0.717) is 0 Å². The molecule has 0 rings (SSSR count). The minimum atomic E-state index is -0.727. The molecule has 1 atom stereocenters. The molecule has 1 unspecified atom stereocenters. The third kappa shape index (κ3) is 23.6. The highest BCUT2D eigenvalue weighted by molar-refractivity contribution is 5.69. The van der Waals surface area contributed by atoms with Gasteiger partial charge in [-0.05, 0) is 19.3 Å². The Bertz CT molecular complexity index is 422. The normalized spacial score (nSPS) is 12.2. The van der Waals surface area contributed by atoms with Crippen molar-refractivity contribution in [3.8, 4) is 0 Å². The van der Waals surface area contributed by atoms with Gasteiger partial charge in [0, 0.05) is 6.42 Å². The molecule has 0 aliphatic carbocycles. The van der Waals surface area contributed by atoms with Crippen LogP contribution in [0.4, 0.5) is 0 Å². The van der Waals surface area contributed by atoms with E-state index >= 15 is 0 Å². The first kappa shape index (κ1) is 30.9. The molecule has 0 heterocycles. The average Bonchev–Trinajstić information content (AvgIpc) is 2.76. The standard InChI is InChI=1S/C28H54O4/c1-2-3-4-5-6-7-8-9-10-11-12-13-14-15-17-20-23-26(28(31)32)24-21-18-16-19-22-25-27(29)30/h26H,2-25H2,1H3,(H,29,30)(H,31,32). The van der Waals surface area contributed by atoms with Crippen molar-refractivity contribution in [2.24, 2.45) is 5.92 Å². The van der Waals surface area contributed by atoms with E-state index in [-0.39, 0.29) is 12.3 Å². The summed E-state index contributed by atoms with van der Waals surface area (Å²) >= 11 is 0. The van der Waals surface area contributed by atoms with Crippen molar-refractivity contribution in [2.75, 3.05) is 0 Å². The van der Waals surface area contributed by atoms with Crippen LogP contribution >= 0.6 is 0 Å². The SMILES string of the molecule is CCCCCCCCCCCCCCCCCCC(CCCCCCCC(=O)O)C(=O)O. The second-order valence-electron chi connectivity index (χ2n) is 9.83. The highest BCUT2D eigenvalue weighted by atomic mass is 16.4. The maximum atomic E-state index is 11.5. The molecule has 0 aromatic heterocycles. The van der Waals surface area contributed by atoms with Gasteiger partial charge in [0.1, 0.15) is 0 Å². The van der Waals surface area contributed by atoms with E-state index in [0.717, 1.165) is 57.8 Å². The lowest BCUT2D eigenvalue weighted by Gasteiger charge is -2.12. The van der Waals surface area contributed by atoms with Crippen molar-refractivity contribution in [1.82, 2.24) is 0 Å². The van der Waals surface area contributed by atoms with Gasteiger partial charge in [-0.3, -0.25) is 9.59 Å². The Hall–Kier alpha value is -1.06. The third-order valence-electron chi connectivity index (χ3n) is 6.70. The quantitative estimate of drug-likeness (QED) is 0.128. The maximum Gasteiger partial charge on any atom is 0.306 e. The Morgan fingerprint density at radius 1 is 0.500 bits per heavy atom. The van der Waals surface area contributed by atoms with Crippen LogP contribution in [0.25, 0.3) is 0 Å². The van der Waals surface area contributed by atoms with Crippen molar-refractivity contribution >= 4 is 11.9 Å². The van der Waals surface area contributed by atoms with Gasteiger partial charge >= 0.3 is 11.9 Å². The number of aliphatic carboxylic acids is 2. The van der Waals surface area contributed by atoms with Gasteiger partial charge in [-0.25, -0.2) is 0 Å². The molecular weight excluding hydrogens is 400 g/mol. The van der Waals surface area contributed by atoms with Crippen molar-refractivity contribution in [2.45, 2.75) is 161 Å². The number of hydrogen-bond donors (Lipinski definition) is 2. The van der Waals surface area contributed by atoms with Gasteiger partial charge in [-0.2, -0.15) is 0 Å². The highest BCUT2D eigenvalue weighted by Crippen LogP contribution is 2.20. The lowest BCUT2D eigenvalue weighted by Crippen LogP contribution is -2.13. The Morgan fingerprint density at radius 2 is 0.812 bits per heavy atom. The summed E-state index contributed by atoms with van der Waals surface area (Å²) in [5.41, 5.74) is 0. The van der Waals surface area contributed by atoms with Gasteiger partial charge in [0.15, 0.2) is 0 Å². The number of hydrogen-bond acceptors (Lipinski definition) is 2. The molecule has 0 aromatic rings. The fourth-order valence-corrected chi connectivity index (χ4v) is 4.53. The van der Waals surface area contributed by atoms with Gasteiger partial charge < -0.3 is 10.2 Å². The Labute approximate surface area is 199 Å². The Morgan fingerprint density at radius 3 is 1.12 bits per heavy atom. The van der Waals surface area contributed by atoms with Crippen LogP contribution < -0.4 is 0 Å². The van der Waals surface area contributed by atoms with Crippen LogP contribution in [0.3, 0.4) is 0 Å². The molecule has 0 aliphatic rings. The Kier molecular flexibility index (Phi) is 23.8. The molecule has 4 heteroatoms. The zero-order valence-electron chi connectivity index (χ0n) is 21.3. The van der Waals surface area contributed by atoms with Crippen LogP contribution in [0.15, 0.2) is 0 Å². The maximum absolute atomic E-state index is 11.5. The van der Waals surface area contributed by atoms with Crippen molar-refractivity contribution in [3.63, 3.8) is 0 Å². The van der Waals surface area contributed by atoms with Gasteiger partial charge in [0.2, 0.25) is 0 Å². The summed E-state index contributed by atoms with van der Waals surface area (Å²) in [4.78, 5) is 21.9. The predicted octanol–water partition coefficient (Wildman–Crippen LogP) is 9.15. The second-order valence-corrected chi connectivity index (χ2v) is 9.83. The number of rotatable bonds is 26. The minimum Gasteiger partial charge on any atom is -0.481 e. The Balaban J connectivity index is 3.39. The van der Waals surface area contributed by atoms with Crippen LogP contribution in [0.1, 0.15) is 161 Å². The minimum absolute atomic E-state index is 0.194. The van der Waals surface area contributed by atoms with Crippen LogP contribution in [0.5, 0.6) is 0 Å². The summed E-state index contributed by atoms with van der Waals surface area (Å²) in [6.07, 6.45) is 28.0. The summed E-state index contributed by atoms with van der Waals surface area (Å²) in [6, 6.07) is 0. The van der Waals surface area contributed by atoms with E-state index in [2.05, 4.69) is 6.92 Å². The van der Waals surface area contributed by atoms with Crippen LogP contribution in [-0.4, -0.2) is 22.2 Å². The molecule has 32 heavy (non-hydrogen) atoms. The topological polar surface area (TPSA) is 74.6 Å². The molecule has 2 N–H and O–H groups in total. The first-order chi connectivity index (χ1) is 15.6. The predicted molar refractivity (Wildman–Crippen MR) is 135 cm³/mol. The lowest BCUT2D eigenvalue weighted by molar-refractivity contribution is -0.142. The van der Waals surface area contributed by atoms with Gasteiger partial charge in [0.05, 0.1) is 5.92 Å². The monoisotopic (exact) mass is 454 g/mol. The van der Waals surface area contributed by atoms with Crippen molar-refractivity contribution < 1.29 is 19.8 Å². The molecule has 4 nitrogen and oxygen atoms in total. The third-order valence-corrected chi connectivity index (χ3v) is 6.70. The van der Waals surface area contributed by atoms with Gasteiger partial charge in [-0.1, -0.05) is 135 Å². The van der Waals surface area contributed by atoms with Crippen LogP contribution in [0.2, 0.25) is 0 Å². The second kappa shape index (κ2) is 24.6. The van der Waals surface area contributed by atoms with E-state index in [9.17, 15) is 14.7 Å². The smallest absolute Gasteiger partial charge is 0.306 e. The van der Waals surface area contributed by atoms with E-state index in [1.54, 1.807) is 0 Å². The molecule has 0 amide bonds. The summed E-state index contributed by atoms with van der Waals surface area (Å²) in [5.74, 6) is -1.56. The fourth-order valence-electron chi connectivity index (χ4n) is 4.53. The molecule has 0 fully saturated rings. The molecule has 0 aliphatic heterocycles. The van der Waals surface area contributed by atoms with Crippen molar-refractivity contribution in [3.05, 3.63) is 0 Å². The number of unbranched alkanes of at least 4 members (excludes halogenated alkanes) is 19. The van der Waals surface area contributed by atoms with Gasteiger partial charge in [-0.15, -0.1) is 0 Å². The average molecular weight is 455 g/mol. The van der Waals surface area contributed by atoms with Crippen molar-refractivity contribution in [1.29, 1.82) is 0 Å². The molecule has 0 saturated carbocycles. The highest BCUT2D eigenvalue weighted by Gasteiger charge is 2.16. The summed E-state index contributed by atoms with van der Waals surface area (Å²) < 4.78 is 0. The molecular formula is C28H54O4. The first-order valence-electron chi connectivity index (χ1n) is 14.0. The van der Waals surface area contributed by atoms with Crippen LogP contribution in [-0.2, 0) is 9.59 Å². The molecule has 0 spiro atoms. The van der Waals surface area contributed by atoms with E-state index in [4.69, 9.17) is 5.11 Å². The van der Waals surface area contributed by atoms with Crippen LogP contribution in [0, 0.1) is 5.92 Å². The van der Waals surface area contributed by atoms with E-state index < -0.39 is 11.9 Å². The lowest BCUT2D eigenvalue weighted by atomic mass is 9.94. The molecule has 0 radical (unpaired) electrons. The van der Waals surface area contributed by atoms with E-state index in [1.165, 1.54) is 89.9 Å². The van der Waals surface area contributed by atoms with E-state index in [1.807, 2.05) is 0 Å². The zero-order valence-corrected chi connectivity index (χ0v) is 21.3. The molecule has 0 aromatic carbocycles. The molecule has 0 saturated heterocycles. The summed E-state index contributed by atoms with van der Waals surface area (Å²) in [7, 11) is 0. The fraction of sp³-hybridized carbons (Fsp3) is 0.929. The zero-order chi connectivity index (χ0) is 23.7. The molecule has 0 bridgehead atoms. The number of carboxylic acid groups (broad SMARTS) is 2. The summed E-state index contributed by atoms with van der Waals surface area (Å²) in [5, 5.41) is 18.1. The number of carboxylic acids is 2. The summed E-state index contributed by atoms with van der Waals surface area (Å²) in [6.45, 7) is 2.27. The number of carbonyl (C=O) groups is 2. The first-order valence-corrected chi connectivity index (χ1v) is 14.0.